The molecule has 2 heterocycles. The summed E-state index contributed by atoms with van der Waals surface area (Å²) in [4.78, 5) is 22.6. The Kier molecular flexibility index (Phi) is 3.65. The second-order valence-corrected chi connectivity index (χ2v) is 6.93. The topological polar surface area (TPSA) is 104 Å². The van der Waals surface area contributed by atoms with Crippen molar-refractivity contribution >= 4 is 33.9 Å². The Labute approximate surface area is 159 Å². The van der Waals surface area contributed by atoms with E-state index in [0.29, 0.717) is 17.1 Å². The summed E-state index contributed by atoms with van der Waals surface area (Å²) >= 11 is 0. The molecule has 0 saturated heterocycles. The number of hydrogen-bond donors (Lipinski definition) is 2. The molecule has 8 heteroatoms. The van der Waals surface area contributed by atoms with Gasteiger partial charge >= 0.3 is 6.16 Å². The number of aromatic amines is 1. The number of nitrogens with zero attached hydrogens (tertiary/aromatic N) is 4. The fraction of sp³-hybridized carbons (Fsp3) is 0.200. The predicted molar refractivity (Wildman–Crippen MR) is 105 cm³/mol. The summed E-state index contributed by atoms with van der Waals surface area (Å²) in [5.74, 6) is 0.993. The normalized spacial score (nSPS) is 13.8. The highest BCUT2D eigenvalue weighted by molar-refractivity contribution is 5.89. The predicted octanol–water partition coefficient (Wildman–Crippen LogP) is 3.83. The van der Waals surface area contributed by atoms with Crippen LogP contribution in [-0.4, -0.2) is 44.5 Å². The smallest absolute Gasteiger partial charge is 0.449 e. The molecule has 28 heavy (non-hydrogen) atoms. The van der Waals surface area contributed by atoms with Crippen LogP contribution in [0.1, 0.15) is 12.8 Å². The molecule has 0 bridgehead atoms. The van der Waals surface area contributed by atoms with Gasteiger partial charge in [0.05, 0.1) is 22.7 Å². The highest BCUT2D eigenvalue weighted by atomic mass is 16.7. The minimum Gasteiger partial charge on any atom is -0.449 e. The molecule has 0 radical (unpaired) electrons. The van der Waals surface area contributed by atoms with Gasteiger partial charge in [-0.2, -0.15) is 5.10 Å². The van der Waals surface area contributed by atoms with Gasteiger partial charge in [-0.3, -0.25) is 5.10 Å². The van der Waals surface area contributed by atoms with Gasteiger partial charge in [0.15, 0.2) is 5.82 Å². The molecule has 0 atom stereocenters. The molecule has 1 saturated carbocycles. The number of rotatable bonds is 4. The van der Waals surface area contributed by atoms with Gasteiger partial charge in [0.25, 0.3) is 0 Å². The van der Waals surface area contributed by atoms with Crippen molar-refractivity contribution in [3.63, 3.8) is 0 Å². The van der Waals surface area contributed by atoms with Crippen molar-refractivity contribution in [1.82, 2.24) is 20.2 Å². The average molecular weight is 375 g/mol. The lowest BCUT2D eigenvalue weighted by molar-refractivity contribution is 0.144. The van der Waals surface area contributed by atoms with Gasteiger partial charge in [0, 0.05) is 30.1 Å². The molecule has 0 spiro atoms. The van der Waals surface area contributed by atoms with E-state index in [2.05, 4.69) is 15.1 Å². The van der Waals surface area contributed by atoms with Crippen molar-refractivity contribution < 1.29 is 14.6 Å². The molecule has 8 nitrogen and oxygen atoms in total. The van der Waals surface area contributed by atoms with Crippen LogP contribution >= 0.6 is 0 Å². The second kappa shape index (κ2) is 6.19. The van der Waals surface area contributed by atoms with E-state index < -0.39 is 6.16 Å². The Morgan fingerprint density at radius 2 is 2.04 bits per heavy atom. The Hall–Kier alpha value is -3.68. The van der Waals surface area contributed by atoms with Crippen LogP contribution in [0.25, 0.3) is 33.2 Å². The third-order valence-corrected chi connectivity index (χ3v) is 4.96. The summed E-state index contributed by atoms with van der Waals surface area (Å²) in [5.41, 5.74) is 3.97. The number of ether oxygens (including phenoxy) is 1. The van der Waals surface area contributed by atoms with Crippen LogP contribution in [0.3, 0.4) is 0 Å². The van der Waals surface area contributed by atoms with E-state index in [1.165, 1.54) is 0 Å². The van der Waals surface area contributed by atoms with E-state index in [-0.39, 0.29) is 5.75 Å². The minimum atomic E-state index is -1.35. The lowest BCUT2D eigenvalue weighted by atomic mass is 10.1. The molecule has 0 unspecified atom stereocenters. The second-order valence-electron chi connectivity index (χ2n) is 6.93. The number of benzene rings is 2. The van der Waals surface area contributed by atoms with Gasteiger partial charge in [0.1, 0.15) is 11.4 Å². The van der Waals surface area contributed by atoms with Crippen molar-refractivity contribution in [2.75, 3.05) is 11.9 Å². The highest BCUT2D eigenvalue weighted by Crippen LogP contribution is 2.36. The quantitative estimate of drug-likeness (QED) is 0.413. The standard InChI is InChI=1S/C20H17N5O3/c1-25(13-3-4-13)19-18(11-2-6-15-12(8-11)10-21-24-15)22-16-7-5-14(28-20(26)27)9-17(16)23-19/h2,5-10,13H,3-4H2,1H3,(H,21,24)(H,26,27). The van der Waals surface area contributed by atoms with Gasteiger partial charge in [-0.05, 0) is 37.1 Å². The summed E-state index contributed by atoms with van der Waals surface area (Å²) in [6, 6.07) is 11.4. The highest BCUT2D eigenvalue weighted by Gasteiger charge is 2.29. The number of fused-ring (bicyclic) bond motifs is 2. The van der Waals surface area contributed by atoms with E-state index in [0.717, 1.165) is 40.8 Å². The zero-order valence-electron chi connectivity index (χ0n) is 15.1. The van der Waals surface area contributed by atoms with Crippen LogP contribution in [0.15, 0.2) is 42.6 Å². The zero-order chi connectivity index (χ0) is 19.3. The Bertz CT molecular complexity index is 1220. The summed E-state index contributed by atoms with van der Waals surface area (Å²) in [5, 5.41) is 16.9. The number of carbonyl (C=O) groups is 1. The first-order chi connectivity index (χ1) is 13.6. The molecule has 2 aromatic heterocycles. The number of aromatic nitrogens is 4. The molecule has 4 aromatic rings. The molecule has 2 aromatic carbocycles. The molecule has 1 aliphatic rings. The Balaban J connectivity index is 1.69. The van der Waals surface area contributed by atoms with Crippen molar-refractivity contribution in [2.24, 2.45) is 0 Å². The monoisotopic (exact) mass is 375 g/mol. The van der Waals surface area contributed by atoms with E-state index in [9.17, 15) is 4.79 Å². The summed E-state index contributed by atoms with van der Waals surface area (Å²) in [6.45, 7) is 0. The molecule has 0 aliphatic heterocycles. The lowest BCUT2D eigenvalue weighted by Crippen LogP contribution is -2.22. The molecular weight excluding hydrogens is 358 g/mol. The summed E-state index contributed by atoms with van der Waals surface area (Å²) < 4.78 is 4.76. The van der Waals surface area contributed by atoms with Crippen LogP contribution < -0.4 is 9.64 Å². The number of nitrogens with one attached hydrogen (secondary N) is 1. The van der Waals surface area contributed by atoms with Crippen LogP contribution in [0.4, 0.5) is 10.6 Å². The van der Waals surface area contributed by atoms with Crippen molar-refractivity contribution in [3.8, 4) is 17.0 Å². The lowest BCUT2D eigenvalue weighted by Gasteiger charge is -2.21. The van der Waals surface area contributed by atoms with E-state index in [1.54, 1.807) is 24.4 Å². The average Bonchev–Trinajstić information content (AvgIpc) is 3.43. The van der Waals surface area contributed by atoms with Crippen LogP contribution in [0.5, 0.6) is 5.75 Å². The minimum absolute atomic E-state index is 0.224. The van der Waals surface area contributed by atoms with Gasteiger partial charge in [0.2, 0.25) is 0 Å². The first kappa shape index (κ1) is 16.5. The number of anilines is 1. The molecular formula is C20H17N5O3. The summed E-state index contributed by atoms with van der Waals surface area (Å²) in [6.07, 6.45) is 2.68. The van der Waals surface area contributed by atoms with Crippen LogP contribution in [0, 0.1) is 0 Å². The largest absolute Gasteiger partial charge is 0.511 e. The maximum atomic E-state index is 10.8. The van der Waals surface area contributed by atoms with Crippen molar-refractivity contribution in [1.29, 1.82) is 0 Å². The Morgan fingerprint density at radius 3 is 2.82 bits per heavy atom. The molecule has 2 N–H and O–H groups in total. The molecule has 1 fully saturated rings. The molecule has 140 valence electrons. The first-order valence-corrected chi connectivity index (χ1v) is 8.97. The Morgan fingerprint density at radius 1 is 1.18 bits per heavy atom. The number of hydrogen-bond acceptors (Lipinski definition) is 6. The van der Waals surface area contributed by atoms with Crippen molar-refractivity contribution in [2.45, 2.75) is 18.9 Å². The fourth-order valence-electron chi connectivity index (χ4n) is 3.35. The third kappa shape index (κ3) is 2.88. The van der Waals surface area contributed by atoms with Crippen molar-refractivity contribution in [3.05, 3.63) is 42.6 Å². The number of H-pyrrole nitrogens is 1. The van der Waals surface area contributed by atoms with E-state index >= 15 is 0 Å². The van der Waals surface area contributed by atoms with Gasteiger partial charge in [-0.1, -0.05) is 6.07 Å². The van der Waals surface area contributed by atoms with Gasteiger partial charge in [-0.15, -0.1) is 0 Å². The maximum absolute atomic E-state index is 10.8. The van der Waals surface area contributed by atoms with Crippen LogP contribution in [0.2, 0.25) is 0 Å². The van der Waals surface area contributed by atoms with Gasteiger partial charge < -0.3 is 14.7 Å². The van der Waals surface area contributed by atoms with E-state index in [4.69, 9.17) is 19.8 Å². The molecule has 5 rings (SSSR count). The summed E-state index contributed by atoms with van der Waals surface area (Å²) in [7, 11) is 2.02. The van der Waals surface area contributed by atoms with Crippen LogP contribution in [-0.2, 0) is 0 Å². The molecule has 0 amide bonds. The fourth-order valence-corrected chi connectivity index (χ4v) is 3.35. The first-order valence-electron chi connectivity index (χ1n) is 8.97. The number of carboxylic acid groups (broad SMARTS) is 1. The zero-order valence-corrected chi connectivity index (χ0v) is 15.1. The van der Waals surface area contributed by atoms with E-state index in [1.807, 2.05) is 25.2 Å². The molecule has 1 aliphatic carbocycles. The van der Waals surface area contributed by atoms with Gasteiger partial charge in [-0.25, -0.2) is 14.8 Å². The third-order valence-electron chi connectivity index (χ3n) is 4.96. The maximum Gasteiger partial charge on any atom is 0.511 e. The SMILES string of the molecule is CN(c1nc2cc(OC(=O)O)ccc2nc1-c1ccc2[nH]ncc2c1)C1CC1.